The van der Waals surface area contributed by atoms with Crippen molar-refractivity contribution >= 4 is 11.9 Å². The van der Waals surface area contributed by atoms with E-state index in [-0.39, 0.29) is 11.8 Å². The molecule has 1 aromatic carbocycles. The van der Waals surface area contributed by atoms with Gasteiger partial charge in [-0.25, -0.2) is 4.79 Å². The first-order chi connectivity index (χ1) is 10.0. The van der Waals surface area contributed by atoms with Gasteiger partial charge in [0.05, 0.1) is 0 Å². The van der Waals surface area contributed by atoms with Crippen LogP contribution in [0.2, 0.25) is 0 Å². The number of unbranched alkanes of at least 4 members (excludes halogenated alkanes) is 2. The molecule has 0 unspecified atom stereocenters. The van der Waals surface area contributed by atoms with Gasteiger partial charge in [-0.15, -0.1) is 0 Å². The minimum absolute atomic E-state index is 0.107. The number of rotatable bonds is 9. The summed E-state index contributed by atoms with van der Waals surface area (Å²) >= 11 is 0. The molecule has 0 aliphatic carbocycles. The van der Waals surface area contributed by atoms with E-state index in [9.17, 15) is 9.59 Å². The predicted molar refractivity (Wildman–Crippen MR) is 83.0 cm³/mol. The molecule has 4 heteroatoms. The number of carboxylic acids is 1. The Balaban J connectivity index is 2.17. The molecule has 2 N–H and O–H groups in total. The van der Waals surface area contributed by atoms with Crippen molar-refractivity contribution in [3.63, 3.8) is 0 Å². The lowest BCUT2D eigenvalue weighted by atomic mass is 10.0. The number of carbonyl (C=O) groups is 2. The zero-order chi connectivity index (χ0) is 15.7. The van der Waals surface area contributed by atoms with Crippen LogP contribution in [0, 0.1) is 5.92 Å². The zero-order valence-electron chi connectivity index (χ0n) is 12.8. The van der Waals surface area contributed by atoms with Gasteiger partial charge in [0.25, 0.3) is 0 Å². The smallest absolute Gasteiger partial charge is 0.326 e. The maximum Gasteiger partial charge on any atom is 0.326 e. The topological polar surface area (TPSA) is 66.4 Å². The van der Waals surface area contributed by atoms with E-state index in [4.69, 9.17) is 5.11 Å². The molecule has 0 heterocycles. The van der Waals surface area contributed by atoms with Crippen LogP contribution in [0.1, 0.15) is 45.1 Å². The summed E-state index contributed by atoms with van der Waals surface area (Å²) in [7, 11) is 0. The molecule has 0 aromatic heterocycles. The Bertz CT molecular complexity index is 443. The second-order valence-electron chi connectivity index (χ2n) is 5.67. The van der Waals surface area contributed by atoms with Crippen LogP contribution in [0.25, 0.3) is 0 Å². The Hall–Kier alpha value is -1.84. The van der Waals surface area contributed by atoms with E-state index in [0.717, 1.165) is 25.7 Å². The van der Waals surface area contributed by atoms with Crippen molar-refractivity contribution in [2.24, 2.45) is 5.92 Å². The van der Waals surface area contributed by atoms with E-state index in [2.05, 4.69) is 17.4 Å². The quantitative estimate of drug-likeness (QED) is 0.687. The first kappa shape index (κ1) is 17.2. The molecule has 21 heavy (non-hydrogen) atoms. The molecule has 0 fully saturated rings. The molecular formula is C17H25NO3. The van der Waals surface area contributed by atoms with Crippen molar-refractivity contribution in [1.82, 2.24) is 5.32 Å². The van der Waals surface area contributed by atoms with Gasteiger partial charge in [0.1, 0.15) is 6.04 Å². The third kappa shape index (κ3) is 6.93. The van der Waals surface area contributed by atoms with Crippen molar-refractivity contribution in [1.29, 1.82) is 0 Å². The summed E-state index contributed by atoms with van der Waals surface area (Å²) in [5.41, 5.74) is 1.31. The van der Waals surface area contributed by atoms with Crippen LogP contribution < -0.4 is 5.32 Å². The fourth-order valence-electron chi connectivity index (χ4n) is 2.20. The second kappa shape index (κ2) is 9.16. The van der Waals surface area contributed by atoms with Gasteiger partial charge in [-0.3, -0.25) is 4.79 Å². The van der Waals surface area contributed by atoms with Crippen LogP contribution in [-0.4, -0.2) is 23.0 Å². The molecule has 4 nitrogen and oxygen atoms in total. The Morgan fingerprint density at radius 1 is 1.10 bits per heavy atom. The second-order valence-corrected chi connectivity index (χ2v) is 5.67. The third-order valence-electron chi connectivity index (χ3n) is 3.46. The summed E-state index contributed by atoms with van der Waals surface area (Å²) in [6, 6.07) is 9.48. The molecule has 1 atom stereocenters. The first-order valence-electron chi connectivity index (χ1n) is 7.57. The molecule has 0 bridgehead atoms. The largest absolute Gasteiger partial charge is 0.480 e. The van der Waals surface area contributed by atoms with Crippen LogP contribution in [0.4, 0.5) is 0 Å². The van der Waals surface area contributed by atoms with E-state index in [0.29, 0.717) is 6.42 Å². The number of amides is 1. The molecule has 0 aliphatic heterocycles. The summed E-state index contributed by atoms with van der Waals surface area (Å²) < 4.78 is 0. The summed E-state index contributed by atoms with van der Waals surface area (Å²) in [5.74, 6) is -1.25. The lowest BCUT2D eigenvalue weighted by Crippen LogP contribution is -2.44. The lowest BCUT2D eigenvalue weighted by Gasteiger charge is -2.17. The fourth-order valence-corrected chi connectivity index (χ4v) is 2.20. The van der Waals surface area contributed by atoms with Gasteiger partial charge >= 0.3 is 5.97 Å². The van der Waals surface area contributed by atoms with Gasteiger partial charge < -0.3 is 10.4 Å². The lowest BCUT2D eigenvalue weighted by molar-refractivity contribution is -0.143. The van der Waals surface area contributed by atoms with Gasteiger partial charge in [-0.2, -0.15) is 0 Å². The maximum atomic E-state index is 11.7. The summed E-state index contributed by atoms with van der Waals surface area (Å²) in [4.78, 5) is 22.7. The first-order valence-corrected chi connectivity index (χ1v) is 7.57. The average molecular weight is 291 g/mol. The summed E-state index contributed by atoms with van der Waals surface area (Å²) in [6.45, 7) is 3.58. The Morgan fingerprint density at radius 3 is 2.33 bits per heavy atom. The molecule has 1 aromatic rings. The molecule has 0 radical (unpaired) electrons. The van der Waals surface area contributed by atoms with Gasteiger partial charge in [0, 0.05) is 6.42 Å². The Labute approximate surface area is 126 Å². The number of benzene rings is 1. The number of nitrogens with one attached hydrogen (secondary N) is 1. The minimum Gasteiger partial charge on any atom is -0.480 e. The van der Waals surface area contributed by atoms with Crippen molar-refractivity contribution < 1.29 is 14.7 Å². The monoisotopic (exact) mass is 291 g/mol. The molecule has 0 saturated carbocycles. The normalized spacial score (nSPS) is 12.1. The van der Waals surface area contributed by atoms with Crippen molar-refractivity contribution in [3.05, 3.63) is 35.9 Å². The van der Waals surface area contributed by atoms with Crippen LogP contribution in [0.5, 0.6) is 0 Å². The highest BCUT2D eigenvalue weighted by Crippen LogP contribution is 2.08. The number of hydrogen-bond donors (Lipinski definition) is 2. The van der Waals surface area contributed by atoms with E-state index >= 15 is 0 Å². The molecule has 0 aliphatic rings. The van der Waals surface area contributed by atoms with E-state index < -0.39 is 12.0 Å². The average Bonchev–Trinajstić information content (AvgIpc) is 2.45. The van der Waals surface area contributed by atoms with Crippen LogP contribution in [-0.2, 0) is 16.0 Å². The predicted octanol–water partition coefficient (Wildman–Crippen LogP) is 3.01. The highest BCUT2D eigenvalue weighted by atomic mass is 16.4. The Morgan fingerprint density at radius 2 is 1.76 bits per heavy atom. The highest BCUT2D eigenvalue weighted by molar-refractivity contribution is 5.83. The zero-order valence-corrected chi connectivity index (χ0v) is 12.8. The Kier molecular flexibility index (Phi) is 7.51. The summed E-state index contributed by atoms with van der Waals surface area (Å²) in [5, 5.41) is 11.6. The van der Waals surface area contributed by atoms with Gasteiger partial charge in [0.15, 0.2) is 0 Å². The third-order valence-corrected chi connectivity index (χ3v) is 3.46. The molecule has 1 rings (SSSR count). The molecule has 0 saturated heterocycles. The molecular weight excluding hydrogens is 266 g/mol. The van der Waals surface area contributed by atoms with Crippen LogP contribution in [0.15, 0.2) is 30.3 Å². The number of carbonyl (C=O) groups excluding carboxylic acids is 1. The van der Waals surface area contributed by atoms with Gasteiger partial charge in [-0.1, -0.05) is 50.6 Å². The van der Waals surface area contributed by atoms with E-state index in [1.165, 1.54) is 5.56 Å². The highest BCUT2D eigenvalue weighted by Gasteiger charge is 2.22. The molecule has 0 spiro atoms. The van der Waals surface area contributed by atoms with Crippen molar-refractivity contribution in [2.75, 3.05) is 0 Å². The molecule has 116 valence electrons. The van der Waals surface area contributed by atoms with Gasteiger partial charge in [-0.05, 0) is 30.7 Å². The van der Waals surface area contributed by atoms with Crippen molar-refractivity contribution in [3.8, 4) is 0 Å². The van der Waals surface area contributed by atoms with E-state index in [1.54, 1.807) is 13.8 Å². The number of aliphatic carboxylic acids is 1. The SMILES string of the molecule is CC(C)[C@H](NC(=O)CCCCCc1ccccc1)C(=O)O. The van der Waals surface area contributed by atoms with Crippen LogP contribution in [0.3, 0.4) is 0 Å². The number of hydrogen-bond acceptors (Lipinski definition) is 2. The van der Waals surface area contributed by atoms with E-state index in [1.807, 2.05) is 18.2 Å². The minimum atomic E-state index is -0.970. The standard InChI is InChI=1S/C17H25NO3/c1-13(2)16(17(20)21)18-15(19)12-8-4-7-11-14-9-5-3-6-10-14/h3,5-6,9-10,13,16H,4,7-8,11-12H2,1-2H3,(H,18,19)(H,20,21)/t16-/m0/s1. The number of carboxylic acid groups (broad SMARTS) is 1. The summed E-state index contributed by atoms with van der Waals surface area (Å²) in [6.07, 6.45) is 4.23. The molecule has 1 amide bonds. The maximum absolute atomic E-state index is 11.7. The van der Waals surface area contributed by atoms with Crippen molar-refractivity contribution in [2.45, 2.75) is 52.0 Å². The van der Waals surface area contributed by atoms with Crippen LogP contribution >= 0.6 is 0 Å². The fraction of sp³-hybridized carbons (Fsp3) is 0.529. The van der Waals surface area contributed by atoms with Gasteiger partial charge in [0.2, 0.25) is 5.91 Å². The number of aryl methyl sites for hydroxylation is 1.